The Hall–Kier alpha value is -1.35. The summed E-state index contributed by atoms with van der Waals surface area (Å²) in [6.45, 7) is 2.52. The van der Waals surface area contributed by atoms with Crippen molar-refractivity contribution in [2.75, 3.05) is 11.4 Å². The van der Waals surface area contributed by atoms with Crippen LogP contribution in [0.5, 0.6) is 0 Å². The van der Waals surface area contributed by atoms with E-state index in [1.807, 2.05) is 23.1 Å². The van der Waals surface area contributed by atoms with Gasteiger partial charge in [-0.1, -0.05) is 18.2 Å². The third-order valence-electron chi connectivity index (χ3n) is 3.15. The predicted octanol–water partition coefficient (Wildman–Crippen LogP) is 1.70. The third-order valence-corrected chi connectivity index (χ3v) is 3.15. The molecule has 3 nitrogen and oxygen atoms in total. The predicted molar refractivity (Wildman–Crippen MR) is 65.4 cm³/mol. The number of fused-ring (bicyclic) bond motifs is 1. The van der Waals surface area contributed by atoms with Crippen molar-refractivity contribution >= 4 is 11.6 Å². The van der Waals surface area contributed by atoms with E-state index in [0.29, 0.717) is 13.0 Å². The first-order valence-electron chi connectivity index (χ1n) is 5.84. The second kappa shape index (κ2) is 4.66. The Bertz CT molecular complexity index is 389. The number of carbonyl (C=O) groups excluding carboxylic acids is 1. The lowest BCUT2D eigenvalue weighted by Gasteiger charge is -2.35. The topological polar surface area (TPSA) is 46.3 Å². The molecule has 0 fully saturated rings. The molecular weight excluding hydrogens is 200 g/mol. The van der Waals surface area contributed by atoms with Gasteiger partial charge in [-0.3, -0.25) is 4.79 Å². The molecule has 1 aliphatic heterocycles. The highest BCUT2D eigenvalue weighted by atomic mass is 16.2. The van der Waals surface area contributed by atoms with Gasteiger partial charge in [0.25, 0.3) is 0 Å². The maximum absolute atomic E-state index is 12.0. The molecule has 0 saturated carbocycles. The van der Waals surface area contributed by atoms with Gasteiger partial charge in [-0.05, 0) is 31.4 Å². The van der Waals surface area contributed by atoms with Gasteiger partial charge in [-0.25, -0.2) is 0 Å². The Morgan fingerprint density at radius 2 is 2.25 bits per heavy atom. The highest BCUT2D eigenvalue weighted by molar-refractivity contribution is 5.95. The van der Waals surface area contributed by atoms with Crippen LogP contribution in [0, 0.1) is 0 Å². The van der Waals surface area contributed by atoms with Crippen molar-refractivity contribution in [1.29, 1.82) is 0 Å². The number of rotatable bonds is 2. The zero-order valence-electron chi connectivity index (χ0n) is 9.65. The Kier molecular flexibility index (Phi) is 3.25. The van der Waals surface area contributed by atoms with Crippen LogP contribution in [0.1, 0.15) is 25.3 Å². The summed E-state index contributed by atoms with van der Waals surface area (Å²) in [6, 6.07) is 8.43. The number of benzene rings is 1. The van der Waals surface area contributed by atoms with Crippen LogP contribution in [-0.4, -0.2) is 18.5 Å². The van der Waals surface area contributed by atoms with Gasteiger partial charge in [0.05, 0.1) is 0 Å². The number of carbonyl (C=O) groups is 1. The van der Waals surface area contributed by atoms with Gasteiger partial charge in [0.15, 0.2) is 0 Å². The third kappa shape index (κ3) is 1.95. The average Bonchev–Trinajstić information content (AvgIpc) is 2.29. The molecule has 1 aromatic carbocycles. The monoisotopic (exact) mass is 218 g/mol. The molecule has 16 heavy (non-hydrogen) atoms. The van der Waals surface area contributed by atoms with E-state index in [4.69, 9.17) is 5.73 Å². The summed E-state index contributed by atoms with van der Waals surface area (Å²) in [4.78, 5) is 13.9. The number of amides is 1. The van der Waals surface area contributed by atoms with Crippen molar-refractivity contribution in [2.45, 2.75) is 32.2 Å². The van der Waals surface area contributed by atoms with Crippen LogP contribution in [-0.2, 0) is 11.2 Å². The van der Waals surface area contributed by atoms with Crippen LogP contribution in [0.3, 0.4) is 0 Å². The van der Waals surface area contributed by atoms with Crippen molar-refractivity contribution in [3.63, 3.8) is 0 Å². The van der Waals surface area contributed by atoms with Crippen LogP contribution in [0.2, 0.25) is 0 Å². The van der Waals surface area contributed by atoms with E-state index >= 15 is 0 Å². The molecule has 0 spiro atoms. The van der Waals surface area contributed by atoms with Gasteiger partial charge in [0.1, 0.15) is 0 Å². The second-order valence-corrected chi connectivity index (χ2v) is 4.32. The molecule has 2 rings (SSSR count). The van der Waals surface area contributed by atoms with Crippen molar-refractivity contribution in [1.82, 2.24) is 0 Å². The van der Waals surface area contributed by atoms with E-state index in [1.54, 1.807) is 0 Å². The lowest BCUT2D eigenvalue weighted by Crippen LogP contribution is -2.42. The van der Waals surface area contributed by atoms with Gasteiger partial charge in [0.2, 0.25) is 5.91 Å². The number of hydrogen-bond acceptors (Lipinski definition) is 2. The maximum Gasteiger partial charge on any atom is 0.228 e. The van der Waals surface area contributed by atoms with Gasteiger partial charge >= 0.3 is 0 Å². The lowest BCUT2D eigenvalue weighted by molar-refractivity contribution is -0.118. The molecular formula is C13H18N2O. The molecule has 1 heterocycles. The molecule has 2 N–H and O–H groups in total. The first kappa shape index (κ1) is 11.1. The van der Waals surface area contributed by atoms with E-state index in [9.17, 15) is 4.79 Å². The van der Waals surface area contributed by atoms with E-state index in [2.05, 4.69) is 13.0 Å². The Morgan fingerprint density at radius 1 is 1.50 bits per heavy atom. The van der Waals surface area contributed by atoms with Crippen molar-refractivity contribution in [3.8, 4) is 0 Å². The summed E-state index contributed by atoms with van der Waals surface area (Å²) in [6.07, 6.45) is 2.52. The summed E-state index contributed by atoms with van der Waals surface area (Å²) in [7, 11) is 0. The Balaban J connectivity index is 2.33. The van der Waals surface area contributed by atoms with Crippen LogP contribution in [0.25, 0.3) is 0 Å². The summed E-state index contributed by atoms with van der Waals surface area (Å²) in [5, 5.41) is 0. The number of nitrogens with zero attached hydrogens (tertiary/aromatic N) is 1. The summed E-state index contributed by atoms with van der Waals surface area (Å²) >= 11 is 0. The molecule has 1 aromatic rings. The molecule has 1 aliphatic rings. The molecule has 0 aromatic heterocycles. The van der Waals surface area contributed by atoms with E-state index in [1.165, 1.54) is 5.56 Å². The fourth-order valence-electron chi connectivity index (χ4n) is 2.31. The number of para-hydroxylation sites is 1. The van der Waals surface area contributed by atoms with Crippen molar-refractivity contribution < 1.29 is 4.79 Å². The van der Waals surface area contributed by atoms with Crippen molar-refractivity contribution in [3.05, 3.63) is 29.8 Å². The highest BCUT2D eigenvalue weighted by Gasteiger charge is 2.26. The number of anilines is 1. The van der Waals surface area contributed by atoms with Gasteiger partial charge in [-0.2, -0.15) is 0 Å². The second-order valence-electron chi connectivity index (χ2n) is 4.32. The lowest BCUT2D eigenvalue weighted by atomic mass is 9.96. The van der Waals surface area contributed by atoms with Crippen molar-refractivity contribution in [2.24, 2.45) is 5.73 Å². The van der Waals surface area contributed by atoms with Gasteiger partial charge < -0.3 is 10.6 Å². The maximum atomic E-state index is 12.0. The molecule has 0 aliphatic carbocycles. The van der Waals surface area contributed by atoms with E-state index in [0.717, 1.165) is 18.5 Å². The Labute approximate surface area is 96.2 Å². The summed E-state index contributed by atoms with van der Waals surface area (Å²) < 4.78 is 0. The van der Waals surface area contributed by atoms with Crippen LogP contribution in [0.15, 0.2) is 24.3 Å². The Morgan fingerprint density at radius 3 is 3.00 bits per heavy atom. The SMILES string of the molecule is CC1CCc2ccccc2N1C(=O)CCN. The molecule has 86 valence electrons. The molecule has 1 unspecified atom stereocenters. The first-order chi connectivity index (χ1) is 7.74. The fraction of sp³-hybridized carbons (Fsp3) is 0.462. The highest BCUT2D eigenvalue weighted by Crippen LogP contribution is 2.30. The molecule has 0 saturated heterocycles. The number of nitrogens with two attached hydrogens (primary N) is 1. The number of hydrogen-bond donors (Lipinski definition) is 1. The van der Waals surface area contributed by atoms with E-state index < -0.39 is 0 Å². The molecule has 1 amide bonds. The molecule has 0 bridgehead atoms. The van der Waals surface area contributed by atoms with Gasteiger partial charge in [0, 0.05) is 24.7 Å². The largest absolute Gasteiger partial charge is 0.330 e. The minimum absolute atomic E-state index is 0.141. The smallest absolute Gasteiger partial charge is 0.228 e. The average molecular weight is 218 g/mol. The summed E-state index contributed by atoms with van der Waals surface area (Å²) in [5.74, 6) is 0.141. The zero-order valence-corrected chi connectivity index (χ0v) is 9.65. The van der Waals surface area contributed by atoms with Crippen LogP contribution in [0.4, 0.5) is 5.69 Å². The quantitative estimate of drug-likeness (QED) is 0.821. The fourth-order valence-corrected chi connectivity index (χ4v) is 2.31. The van der Waals surface area contributed by atoms with E-state index in [-0.39, 0.29) is 11.9 Å². The van der Waals surface area contributed by atoms with Crippen LogP contribution < -0.4 is 10.6 Å². The first-order valence-corrected chi connectivity index (χ1v) is 5.84. The van der Waals surface area contributed by atoms with Crippen LogP contribution >= 0.6 is 0 Å². The molecule has 3 heteroatoms. The molecule has 0 radical (unpaired) electrons. The normalized spacial score (nSPS) is 19.4. The summed E-state index contributed by atoms with van der Waals surface area (Å²) in [5.41, 5.74) is 7.79. The number of aryl methyl sites for hydroxylation is 1. The zero-order chi connectivity index (χ0) is 11.5. The minimum atomic E-state index is 0.141. The minimum Gasteiger partial charge on any atom is -0.330 e. The van der Waals surface area contributed by atoms with Gasteiger partial charge in [-0.15, -0.1) is 0 Å². The standard InChI is InChI=1S/C13H18N2O/c1-10-6-7-11-4-2-3-5-12(11)15(10)13(16)8-9-14/h2-5,10H,6-9,14H2,1H3. The molecule has 1 atom stereocenters.